The third-order valence-corrected chi connectivity index (χ3v) is 0.809. The predicted molar refractivity (Wildman–Crippen MR) is 31.3 cm³/mol. The Balaban J connectivity index is 3.09. The molecule has 0 aliphatic rings. The van der Waals surface area contributed by atoms with Gasteiger partial charge in [0.1, 0.15) is 13.7 Å². The normalized spacial score (nSPS) is 12.0. The molecule has 0 rings (SSSR count). The first-order valence-corrected chi connectivity index (χ1v) is 3.24. The summed E-state index contributed by atoms with van der Waals surface area (Å²) in [5.41, 5.74) is 0. The molecule has 0 amide bonds. The average Bonchev–Trinajstić information content (AvgIpc) is 1.80. The fourth-order valence-corrected chi connectivity index (χ4v) is 0.396. The van der Waals surface area contributed by atoms with Crippen molar-refractivity contribution >= 4 is 14.5 Å². The summed E-state index contributed by atoms with van der Waals surface area (Å²) >= 11 is 0. The van der Waals surface area contributed by atoms with E-state index >= 15 is 0 Å². The molecule has 0 saturated heterocycles. The Labute approximate surface area is 53.2 Å². The Kier molecular flexibility index (Phi) is 5.30. The second-order valence-corrected chi connectivity index (χ2v) is 1.74. The van der Waals surface area contributed by atoms with E-state index in [1.807, 2.05) is 0 Å². The summed E-state index contributed by atoms with van der Waals surface area (Å²) in [7, 11) is -1.14. The van der Waals surface area contributed by atoms with Crippen LogP contribution in [0.15, 0.2) is 5.16 Å². The van der Waals surface area contributed by atoms with Crippen LogP contribution in [0.5, 0.6) is 0 Å². The van der Waals surface area contributed by atoms with Crippen LogP contribution in [0, 0.1) is 0 Å². The first-order chi connectivity index (χ1) is 4.27. The van der Waals surface area contributed by atoms with E-state index in [1.54, 1.807) is 0 Å². The van der Waals surface area contributed by atoms with E-state index < -0.39 is 8.25 Å². The molecule has 1 unspecified atom stereocenters. The van der Waals surface area contributed by atoms with Gasteiger partial charge in [0.2, 0.25) is 0 Å². The molecular formula is C3H7NO4P+. The zero-order valence-electron chi connectivity index (χ0n) is 4.85. The molecule has 0 aliphatic heterocycles. The van der Waals surface area contributed by atoms with E-state index in [-0.39, 0.29) is 6.61 Å². The van der Waals surface area contributed by atoms with Crippen molar-refractivity contribution < 1.29 is 18.8 Å². The highest BCUT2D eigenvalue weighted by molar-refractivity contribution is 7.32. The molecule has 1 N–H and O–H groups in total. The first-order valence-electron chi connectivity index (χ1n) is 2.11. The van der Waals surface area contributed by atoms with Gasteiger partial charge in [0.05, 0.1) is 6.21 Å². The molecule has 52 valence electrons. The molecule has 0 radical (unpaired) electrons. The van der Waals surface area contributed by atoms with Crippen LogP contribution in [0.3, 0.4) is 0 Å². The van der Waals surface area contributed by atoms with E-state index in [2.05, 4.69) is 14.5 Å². The Bertz CT molecular complexity index is 114. The van der Waals surface area contributed by atoms with E-state index in [4.69, 9.17) is 4.89 Å². The topological polar surface area (TPSA) is 68.1 Å². The summed E-state index contributed by atoms with van der Waals surface area (Å²) in [5.74, 6) is 0. The number of oxime groups is 1. The summed E-state index contributed by atoms with van der Waals surface area (Å²) < 4.78 is 14.0. The smallest absolute Gasteiger partial charge is 0.399 e. The van der Waals surface area contributed by atoms with Gasteiger partial charge < -0.3 is 4.84 Å². The predicted octanol–water partition coefficient (Wildman–Crippen LogP) is 0.285. The third-order valence-electron chi connectivity index (χ3n) is 0.439. The molecule has 5 nitrogen and oxygen atoms in total. The third kappa shape index (κ3) is 7.49. The van der Waals surface area contributed by atoms with Crippen molar-refractivity contribution in [1.82, 2.24) is 0 Å². The van der Waals surface area contributed by atoms with Crippen molar-refractivity contribution in [2.45, 2.75) is 0 Å². The molecular weight excluding hydrogens is 145 g/mol. The SMILES string of the molecule is CON=CCO[P+](=O)O. The summed E-state index contributed by atoms with van der Waals surface area (Å²) in [6.07, 6.45) is 1.24. The van der Waals surface area contributed by atoms with Gasteiger partial charge in [-0.1, -0.05) is 5.16 Å². The van der Waals surface area contributed by atoms with Gasteiger partial charge in [0, 0.05) is 4.57 Å². The molecule has 6 heteroatoms. The quantitative estimate of drug-likeness (QED) is 0.357. The van der Waals surface area contributed by atoms with Gasteiger partial charge in [0.15, 0.2) is 0 Å². The van der Waals surface area contributed by atoms with Gasteiger partial charge in [-0.25, -0.2) is 0 Å². The maximum atomic E-state index is 9.79. The van der Waals surface area contributed by atoms with Crippen LogP contribution in [-0.2, 0) is 13.9 Å². The fraction of sp³-hybridized carbons (Fsp3) is 0.667. The number of nitrogens with zero attached hydrogens (tertiary/aromatic N) is 1. The zero-order valence-corrected chi connectivity index (χ0v) is 5.75. The minimum Gasteiger partial charge on any atom is -0.399 e. The van der Waals surface area contributed by atoms with Crippen LogP contribution in [0.4, 0.5) is 0 Å². The van der Waals surface area contributed by atoms with Gasteiger partial charge in [-0.15, -0.1) is 9.42 Å². The minimum atomic E-state index is -2.51. The maximum Gasteiger partial charge on any atom is 0.695 e. The number of rotatable bonds is 4. The lowest BCUT2D eigenvalue weighted by Gasteiger charge is -1.80. The molecule has 0 spiro atoms. The highest BCUT2D eigenvalue weighted by atomic mass is 31.1. The lowest BCUT2D eigenvalue weighted by atomic mass is 10.8. The Morgan fingerprint density at radius 1 is 1.89 bits per heavy atom. The lowest BCUT2D eigenvalue weighted by molar-refractivity contribution is 0.212. The molecule has 0 aromatic carbocycles. The fourth-order valence-electron chi connectivity index (χ4n) is 0.202. The maximum absolute atomic E-state index is 9.79. The second kappa shape index (κ2) is 5.62. The summed E-state index contributed by atoms with van der Waals surface area (Å²) in [6, 6.07) is 0. The van der Waals surface area contributed by atoms with Gasteiger partial charge >= 0.3 is 8.25 Å². The Hall–Kier alpha value is -0.510. The van der Waals surface area contributed by atoms with Crippen LogP contribution in [0.2, 0.25) is 0 Å². The minimum absolute atomic E-state index is 0.0143. The summed E-state index contributed by atoms with van der Waals surface area (Å²) in [6.45, 7) is -0.0143. The molecule has 0 aromatic heterocycles. The lowest BCUT2D eigenvalue weighted by Crippen LogP contribution is -1.86. The second-order valence-electron chi connectivity index (χ2n) is 1.00. The van der Waals surface area contributed by atoms with Crippen molar-refractivity contribution in [2.24, 2.45) is 5.16 Å². The molecule has 1 atom stereocenters. The monoisotopic (exact) mass is 152 g/mol. The van der Waals surface area contributed by atoms with Crippen molar-refractivity contribution in [3.8, 4) is 0 Å². The average molecular weight is 152 g/mol. The molecule has 9 heavy (non-hydrogen) atoms. The molecule has 0 saturated carbocycles. The van der Waals surface area contributed by atoms with Gasteiger partial charge in [-0.05, 0) is 0 Å². The van der Waals surface area contributed by atoms with Gasteiger partial charge in [0.25, 0.3) is 0 Å². The van der Waals surface area contributed by atoms with Crippen LogP contribution in [0.25, 0.3) is 0 Å². The summed E-state index contributed by atoms with van der Waals surface area (Å²) in [4.78, 5) is 12.3. The van der Waals surface area contributed by atoms with Crippen LogP contribution in [-0.4, -0.2) is 24.8 Å². The molecule has 0 aromatic rings. The van der Waals surface area contributed by atoms with E-state index in [0.29, 0.717) is 0 Å². The van der Waals surface area contributed by atoms with Crippen molar-refractivity contribution in [2.75, 3.05) is 13.7 Å². The van der Waals surface area contributed by atoms with Crippen molar-refractivity contribution in [3.63, 3.8) is 0 Å². The molecule has 0 aliphatic carbocycles. The highest BCUT2D eigenvalue weighted by Gasteiger charge is 2.08. The van der Waals surface area contributed by atoms with Crippen molar-refractivity contribution in [3.05, 3.63) is 0 Å². The highest BCUT2D eigenvalue weighted by Crippen LogP contribution is 2.12. The van der Waals surface area contributed by atoms with E-state index in [0.717, 1.165) is 0 Å². The largest absolute Gasteiger partial charge is 0.695 e. The zero-order chi connectivity index (χ0) is 7.11. The van der Waals surface area contributed by atoms with Gasteiger partial charge in [-0.3, -0.25) is 0 Å². The van der Waals surface area contributed by atoms with Crippen molar-refractivity contribution in [1.29, 1.82) is 0 Å². The molecule has 0 fully saturated rings. The van der Waals surface area contributed by atoms with Crippen LogP contribution in [0.1, 0.15) is 0 Å². The standard InChI is InChI=1S/C3H6NO4P/c1-7-4-2-3-8-9(5)6/h2H,3H2,1H3/p+1. The molecule has 0 bridgehead atoms. The van der Waals surface area contributed by atoms with E-state index in [1.165, 1.54) is 13.3 Å². The van der Waals surface area contributed by atoms with E-state index in [9.17, 15) is 4.57 Å². The summed E-state index contributed by atoms with van der Waals surface area (Å²) in [5, 5.41) is 3.25. The molecule has 0 heterocycles. The number of hydrogen-bond donors (Lipinski definition) is 1. The Morgan fingerprint density at radius 3 is 3.00 bits per heavy atom. The number of hydrogen-bond acceptors (Lipinski definition) is 4. The van der Waals surface area contributed by atoms with Gasteiger partial charge in [-0.2, -0.15) is 0 Å². The first kappa shape index (κ1) is 8.49. The Morgan fingerprint density at radius 2 is 2.56 bits per heavy atom. The van der Waals surface area contributed by atoms with Crippen LogP contribution < -0.4 is 0 Å². The van der Waals surface area contributed by atoms with Crippen LogP contribution >= 0.6 is 8.25 Å².